The lowest BCUT2D eigenvalue weighted by Gasteiger charge is -2.31. The van der Waals surface area contributed by atoms with Gasteiger partial charge in [0, 0.05) is 37.7 Å². The summed E-state index contributed by atoms with van der Waals surface area (Å²) in [5.41, 5.74) is 0. The number of morpholine rings is 1. The summed E-state index contributed by atoms with van der Waals surface area (Å²) in [7, 11) is -3.82. The first-order valence-electron chi connectivity index (χ1n) is 10.9. The van der Waals surface area contributed by atoms with Crippen LogP contribution in [-0.2, 0) is 19.6 Å². The van der Waals surface area contributed by atoms with Crippen molar-refractivity contribution in [1.82, 2.24) is 14.5 Å². The maximum atomic E-state index is 13.3. The lowest BCUT2D eigenvalue weighted by Crippen LogP contribution is -2.46. The molecule has 0 bridgehead atoms. The Morgan fingerprint density at radius 2 is 2.06 bits per heavy atom. The van der Waals surface area contributed by atoms with Crippen LogP contribution in [-0.4, -0.2) is 82.6 Å². The molecule has 8 nitrogen and oxygen atoms in total. The quantitative estimate of drug-likeness (QED) is 0.552. The first-order valence-corrected chi connectivity index (χ1v) is 12.7. The number of ether oxygens (including phenoxy) is 2. The number of halogens is 1. The van der Waals surface area contributed by atoms with E-state index in [0.717, 1.165) is 39.3 Å². The fraction of sp³-hybridized carbons (Fsp3) is 0.667. The molecule has 2 saturated heterocycles. The Balaban J connectivity index is 1.56. The summed E-state index contributed by atoms with van der Waals surface area (Å²) in [6.07, 6.45) is 2.17. The highest BCUT2D eigenvalue weighted by molar-refractivity contribution is 7.89. The number of nitrogens with one attached hydrogen (secondary N) is 1. The molecule has 10 heteroatoms. The van der Waals surface area contributed by atoms with Crippen LogP contribution in [0.5, 0.6) is 5.75 Å². The molecule has 31 heavy (non-hydrogen) atoms. The van der Waals surface area contributed by atoms with E-state index < -0.39 is 10.0 Å². The molecule has 1 atom stereocenters. The summed E-state index contributed by atoms with van der Waals surface area (Å²) in [5, 5.41) is 3.31. The number of rotatable bonds is 9. The Labute approximate surface area is 189 Å². The van der Waals surface area contributed by atoms with E-state index in [2.05, 4.69) is 10.2 Å². The van der Waals surface area contributed by atoms with Gasteiger partial charge in [0.1, 0.15) is 10.6 Å². The molecular weight excluding hydrogens is 442 g/mol. The van der Waals surface area contributed by atoms with Gasteiger partial charge in [-0.1, -0.05) is 11.6 Å². The van der Waals surface area contributed by atoms with Crippen molar-refractivity contribution in [2.45, 2.75) is 31.1 Å². The zero-order valence-electron chi connectivity index (χ0n) is 18.0. The number of hydrogen-bond acceptors (Lipinski definition) is 6. The molecule has 0 aromatic heterocycles. The van der Waals surface area contributed by atoms with Crippen LogP contribution in [0.2, 0.25) is 5.02 Å². The SMILES string of the molecule is CCOc1ccc(Cl)cc1S(=O)(=O)N1CCC[C@H](C(=O)NCCCN2CCOCC2)C1. The maximum Gasteiger partial charge on any atom is 0.246 e. The predicted molar refractivity (Wildman–Crippen MR) is 119 cm³/mol. The number of carbonyl (C=O) groups is 1. The number of sulfonamides is 1. The second kappa shape index (κ2) is 11.5. The van der Waals surface area contributed by atoms with Crippen molar-refractivity contribution >= 4 is 27.5 Å². The van der Waals surface area contributed by atoms with E-state index in [4.69, 9.17) is 21.1 Å². The van der Waals surface area contributed by atoms with Gasteiger partial charge in [-0.05, 0) is 50.9 Å². The van der Waals surface area contributed by atoms with Crippen LogP contribution in [0.25, 0.3) is 0 Å². The van der Waals surface area contributed by atoms with Crippen molar-refractivity contribution in [1.29, 1.82) is 0 Å². The first kappa shape index (κ1) is 24.3. The van der Waals surface area contributed by atoms with Crippen molar-refractivity contribution < 1.29 is 22.7 Å². The van der Waals surface area contributed by atoms with Crippen molar-refractivity contribution in [3.8, 4) is 5.75 Å². The number of nitrogens with zero attached hydrogens (tertiary/aromatic N) is 2. The monoisotopic (exact) mass is 473 g/mol. The molecule has 0 spiro atoms. The topological polar surface area (TPSA) is 88.2 Å². The summed E-state index contributed by atoms with van der Waals surface area (Å²) in [6, 6.07) is 4.59. The number of hydrogen-bond donors (Lipinski definition) is 1. The van der Waals surface area contributed by atoms with Crippen LogP contribution >= 0.6 is 11.6 Å². The molecule has 1 aromatic rings. The fourth-order valence-electron chi connectivity index (χ4n) is 3.96. The zero-order chi connectivity index (χ0) is 22.3. The summed E-state index contributed by atoms with van der Waals surface area (Å²) in [4.78, 5) is 15.0. The van der Waals surface area contributed by atoms with Gasteiger partial charge in [-0.25, -0.2) is 8.42 Å². The number of carbonyl (C=O) groups excluding carboxylic acids is 1. The van der Waals surface area contributed by atoms with Gasteiger partial charge in [-0.15, -0.1) is 0 Å². The molecule has 2 aliphatic rings. The maximum absolute atomic E-state index is 13.3. The van der Waals surface area contributed by atoms with Gasteiger partial charge in [-0.3, -0.25) is 9.69 Å². The highest BCUT2D eigenvalue weighted by Crippen LogP contribution is 2.32. The average Bonchev–Trinajstić information content (AvgIpc) is 2.78. The largest absolute Gasteiger partial charge is 0.492 e. The molecule has 0 radical (unpaired) electrons. The summed E-state index contributed by atoms with van der Waals surface area (Å²) in [5.74, 6) is -0.166. The molecule has 1 aromatic carbocycles. The van der Waals surface area contributed by atoms with Crippen LogP contribution in [0.4, 0.5) is 0 Å². The number of amides is 1. The van der Waals surface area contributed by atoms with Crippen molar-refractivity contribution in [3.05, 3.63) is 23.2 Å². The lowest BCUT2D eigenvalue weighted by atomic mass is 9.99. The molecule has 2 heterocycles. The molecule has 2 fully saturated rings. The Kier molecular flexibility index (Phi) is 8.97. The standard InChI is InChI=1S/C21H32ClN3O5S/c1-2-30-19-7-6-18(22)15-20(19)31(27,28)25-10-3-5-17(16-25)21(26)23-8-4-9-24-11-13-29-14-12-24/h6-7,15,17H,2-5,8-14,16H2,1H3,(H,23,26)/t17-/m0/s1. The van der Waals surface area contributed by atoms with Crippen LogP contribution in [0.15, 0.2) is 23.1 Å². The summed E-state index contributed by atoms with van der Waals surface area (Å²) >= 11 is 6.06. The average molecular weight is 474 g/mol. The van der Waals surface area contributed by atoms with Gasteiger partial charge in [0.15, 0.2) is 0 Å². The Morgan fingerprint density at radius 3 is 2.81 bits per heavy atom. The van der Waals surface area contributed by atoms with E-state index in [1.807, 2.05) is 0 Å². The molecule has 2 aliphatic heterocycles. The highest BCUT2D eigenvalue weighted by Gasteiger charge is 2.35. The van der Waals surface area contributed by atoms with Gasteiger partial charge in [-0.2, -0.15) is 4.31 Å². The van der Waals surface area contributed by atoms with Crippen molar-refractivity contribution in [3.63, 3.8) is 0 Å². The Hall–Kier alpha value is -1.39. The van der Waals surface area contributed by atoms with Crippen LogP contribution in [0.1, 0.15) is 26.2 Å². The minimum Gasteiger partial charge on any atom is -0.492 e. The summed E-state index contributed by atoms with van der Waals surface area (Å²) < 4.78 is 38.8. The van der Waals surface area contributed by atoms with E-state index in [9.17, 15) is 13.2 Å². The molecule has 0 aliphatic carbocycles. The third-order valence-corrected chi connectivity index (χ3v) is 7.75. The molecule has 0 unspecified atom stereocenters. The molecule has 1 amide bonds. The van der Waals surface area contributed by atoms with Crippen LogP contribution in [0.3, 0.4) is 0 Å². The third-order valence-electron chi connectivity index (χ3n) is 5.63. The number of piperidine rings is 1. The predicted octanol–water partition coefficient (Wildman–Crippen LogP) is 1.98. The number of benzene rings is 1. The van der Waals surface area contributed by atoms with Gasteiger partial charge >= 0.3 is 0 Å². The molecule has 1 N–H and O–H groups in total. The molecule has 3 rings (SSSR count). The minimum atomic E-state index is -3.82. The fourth-order valence-corrected chi connectivity index (χ4v) is 5.87. The minimum absolute atomic E-state index is 0.0495. The van der Waals surface area contributed by atoms with Gasteiger partial charge in [0.2, 0.25) is 15.9 Å². The van der Waals surface area contributed by atoms with E-state index >= 15 is 0 Å². The Bertz CT molecular complexity index is 845. The third kappa shape index (κ3) is 6.55. The van der Waals surface area contributed by atoms with Gasteiger partial charge < -0.3 is 14.8 Å². The first-order chi connectivity index (χ1) is 14.9. The molecular formula is C21H32ClN3O5S. The van der Waals surface area contributed by atoms with E-state index in [1.165, 1.54) is 10.4 Å². The van der Waals surface area contributed by atoms with Crippen molar-refractivity contribution in [2.24, 2.45) is 5.92 Å². The normalized spacial score (nSPS) is 21.0. The second-order valence-electron chi connectivity index (χ2n) is 7.82. The van der Waals surface area contributed by atoms with E-state index in [-0.39, 0.29) is 29.0 Å². The second-order valence-corrected chi connectivity index (χ2v) is 10.2. The highest BCUT2D eigenvalue weighted by atomic mass is 35.5. The summed E-state index contributed by atoms with van der Waals surface area (Å²) in [6.45, 7) is 7.56. The van der Waals surface area contributed by atoms with E-state index in [1.54, 1.807) is 19.1 Å². The smallest absolute Gasteiger partial charge is 0.246 e. The van der Waals surface area contributed by atoms with E-state index in [0.29, 0.717) is 37.6 Å². The van der Waals surface area contributed by atoms with Crippen molar-refractivity contribution in [2.75, 3.05) is 59.1 Å². The Morgan fingerprint density at radius 1 is 1.29 bits per heavy atom. The lowest BCUT2D eigenvalue weighted by molar-refractivity contribution is -0.126. The van der Waals surface area contributed by atoms with Crippen LogP contribution < -0.4 is 10.1 Å². The molecule has 0 saturated carbocycles. The molecule has 174 valence electrons. The van der Waals surface area contributed by atoms with Gasteiger partial charge in [0.05, 0.1) is 25.7 Å². The van der Waals surface area contributed by atoms with Crippen LogP contribution in [0, 0.1) is 5.92 Å². The zero-order valence-corrected chi connectivity index (χ0v) is 19.6. The van der Waals surface area contributed by atoms with Gasteiger partial charge in [0.25, 0.3) is 0 Å².